The van der Waals surface area contributed by atoms with Crippen LogP contribution in [0.5, 0.6) is 0 Å². The number of halogens is 1. The highest BCUT2D eigenvalue weighted by molar-refractivity contribution is 7.13. The number of ether oxygens (including phenoxy) is 1. The molecule has 0 amide bonds. The smallest absolute Gasteiger partial charge is 0.311 e. The molecule has 0 aliphatic heterocycles. The van der Waals surface area contributed by atoms with E-state index in [2.05, 4.69) is 9.72 Å². The van der Waals surface area contributed by atoms with E-state index in [0.717, 1.165) is 0 Å². The minimum absolute atomic E-state index is 0.127. The van der Waals surface area contributed by atoms with E-state index in [1.807, 2.05) is 6.92 Å². The van der Waals surface area contributed by atoms with Crippen LogP contribution < -0.4 is 4.90 Å². The summed E-state index contributed by atoms with van der Waals surface area (Å²) in [7, 11) is 1.34. The van der Waals surface area contributed by atoms with Crippen LogP contribution in [0, 0.1) is 5.82 Å². The number of carbonyl (C=O) groups is 1. The first-order valence-corrected chi connectivity index (χ1v) is 7.07. The molecule has 0 bridgehead atoms. The van der Waals surface area contributed by atoms with E-state index >= 15 is 0 Å². The molecule has 0 saturated carbocycles. The number of para-hydroxylation sites is 1. The van der Waals surface area contributed by atoms with E-state index in [4.69, 9.17) is 0 Å². The highest BCUT2D eigenvalue weighted by Gasteiger charge is 2.16. The van der Waals surface area contributed by atoms with E-state index in [0.29, 0.717) is 23.1 Å². The molecule has 4 nitrogen and oxygen atoms in total. The Morgan fingerprint density at radius 1 is 1.45 bits per heavy atom. The van der Waals surface area contributed by atoms with Crippen LogP contribution in [0.3, 0.4) is 0 Å². The number of carbonyl (C=O) groups excluding carboxylic acids is 1. The highest BCUT2D eigenvalue weighted by atomic mass is 32.1. The maximum atomic E-state index is 13.8. The van der Waals surface area contributed by atoms with Gasteiger partial charge in [0.15, 0.2) is 5.13 Å². The van der Waals surface area contributed by atoms with Gasteiger partial charge in [-0.2, -0.15) is 0 Å². The predicted octanol–water partition coefficient (Wildman–Crippen LogP) is 3.16. The molecule has 0 aliphatic carbocycles. The maximum absolute atomic E-state index is 13.8. The molecule has 106 valence electrons. The Bertz CT molecular complexity index is 600. The van der Waals surface area contributed by atoms with Crippen molar-refractivity contribution in [2.24, 2.45) is 0 Å². The van der Waals surface area contributed by atoms with Gasteiger partial charge >= 0.3 is 5.97 Å². The Balaban J connectivity index is 2.25. The molecule has 0 radical (unpaired) electrons. The molecule has 2 aromatic rings. The zero-order valence-electron chi connectivity index (χ0n) is 11.3. The summed E-state index contributed by atoms with van der Waals surface area (Å²) in [4.78, 5) is 17.4. The van der Waals surface area contributed by atoms with E-state index < -0.39 is 0 Å². The zero-order valence-corrected chi connectivity index (χ0v) is 12.1. The van der Waals surface area contributed by atoms with Gasteiger partial charge in [-0.25, -0.2) is 9.37 Å². The Morgan fingerprint density at radius 3 is 2.85 bits per heavy atom. The van der Waals surface area contributed by atoms with Gasteiger partial charge in [-0.05, 0) is 19.1 Å². The lowest BCUT2D eigenvalue weighted by Gasteiger charge is -2.20. The van der Waals surface area contributed by atoms with Crippen molar-refractivity contribution >= 4 is 28.1 Å². The minimum Gasteiger partial charge on any atom is -0.469 e. The summed E-state index contributed by atoms with van der Waals surface area (Å²) >= 11 is 1.38. The molecular weight excluding hydrogens is 279 g/mol. The second-order valence-corrected chi connectivity index (χ2v) is 4.91. The van der Waals surface area contributed by atoms with Gasteiger partial charge < -0.3 is 9.64 Å². The molecule has 6 heteroatoms. The summed E-state index contributed by atoms with van der Waals surface area (Å²) in [6.07, 6.45) is 0.127. The van der Waals surface area contributed by atoms with E-state index in [-0.39, 0.29) is 18.2 Å². The fourth-order valence-corrected chi connectivity index (χ4v) is 2.70. The lowest BCUT2D eigenvalue weighted by atomic mass is 10.3. The van der Waals surface area contributed by atoms with Crippen LogP contribution in [-0.4, -0.2) is 24.6 Å². The standard InChI is InChI=1S/C14H15FN2O2S/c1-3-17(12-7-5-4-6-11(12)15)14-16-10(9-20-14)8-13(18)19-2/h4-7,9H,3,8H2,1-2H3. The minimum atomic E-state index is -0.337. The van der Waals surface area contributed by atoms with Crippen molar-refractivity contribution in [1.82, 2.24) is 4.98 Å². The number of aromatic nitrogens is 1. The number of anilines is 2. The summed E-state index contributed by atoms with van der Waals surface area (Å²) in [6, 6.07) is 6.56. The zero-order chi connectivity index (χ0) is 14.5. The maximum Gasteiger partial charge on any atom is 0.311 e. The fraction of sp³-hybridized carbons (Fsp3) is 0.286. The first-order chi connectivity index (χ1) is 9.65. The molecule has 0 fully saturated rings. The molecule has 0 atom stereocenters. The van der Waals surface area contributed by atoms with E-state index in [1.54, 1.807) is 28.5 Å². The Morgan fingerprint density at radius 2 is 2.20 bits per heavy atom. The van der Waals surface area contributed by atoms with Crippen molar-refractivity contribution in [2.75, 3.05) is 18.6 Å². The molecule has 1 aromatic carbocycles. The monoisotopic (exact) mass is 294 g/mol. The SMILES string of the molecule is CCN(c1nc(CC(=O)OC)cs1)c1ccccc1F. The number of hydrogen-bond acceptors (Lipinski definition) is 5. The summed E-state index contributed by atoms with van der Waals surface area (Å²) in [5.41, 5.74) is 1.11. The number of methoxy groups -OCH3 is 1. The number of esters is 1. The van der Waals surface area contributed by atoms with Gasteiger partial charge in [-0.3, -0.25) is 4.79 Å². The number of thiazole rings is 1. The quantitative estimate of drug-likeness (QED) is 0.794. The van der Waals surface area contributed by atoms with Gasteiger partial charge in [0.2, 0.25) is 0 Å². The molecule has 0 saturated heterocycles. The van der Waals surface area contributed by atoms with Crippen LogP contribution in [0.4, 0.5) is 15.2 Å². The third kappa shape index (κ3) is 3.14. The van der Waals surface area contributed by atoms with Crippen molar-refractivity contribution in [3.63, 3.8) is 0 Å². The van der Waals surface area contributed by atoms with Gasteiger partial charge in [0, 0.05) is 11.9 Å². The average molecular weight is 294 g/mol. The summed E-state index contributed by atoms with van der Waals surface area (Å²) in [5.74, 6) is -0.630. The Labute approximate surface area is 120 Å². The summed E-state index contributed by atoms with van der Waals surface area (Å²) in [6.45, 7) is 2.51. The van der Waals surface area contributed by atoms with Crippen LogP contribution in [-0.2, 0) is 16.0 Å². The second kappa shape index (κ2) is 6.47. The van der Waals surface area contributed by atoms with Crippen LogP contribution in [0.15, 0.2) is 29.6 Å². The van der Waals surface area contributed by atoms with Gasteiger partial charge in [0.1, 0.15) is 5.82 Å². The van der Waals surface area contributed by atoms with Crippen molar-refractivity contribution < 1.29 is 13.9 Å². The third-order valence-corrected chi connectivity index (χ3v) is 3.70. The van der Waals surface area contributed by atoms with Gasteiger partial charge in [-0.15, -0.1) is 11.3 Å². The first-order valence-electron chi connectivity index (χ1n) is 6.19. The molecule has 0 unspecified atom stereocenters. The largest absolute Gasteiger partial charge is 0.469 e. The first kappa shape index (κ1) is 14.5. The van der Waals surface area contributed by atoms with Crippen LogP contribution in [0.2, 0.25) is 0 Å². The van der Waals surface area contributed by atoms with Gasteiger partial charge in [0.05, 0.1) is 24.9 Å². The molecule has 0 spiro atoms. The van der Waals surface area contributed by atoms with Gasteiger partial charge in [0.25, 0.3) is 0 Å². The highest BCUT2D eigenvalue weighted by Crippen LogP contribution is 2.30. The molecule has 1 heterocycles. The van der Waals surface area contributed by atoms with Crippen molar-refractivity contribution in [1.29, 1.82) is 0 Å². The average Bonchev–Trinajstić information content (AvgIpc) is 2.90. The van der Waals surface area contributed by atoms with Crippen LogP contribution in [0.25, 0.3) is 0 Å². The summed E-state index contributed by atoms with van der Waals surface area (Å²) in [5, 5.41) is 2.45. The number of rotatable bonds is 5. The van der Waals surface area contributed by atoms with Crippen molar-refractivity contribution in [3.8, 4) is 0 Å². The molecule has 0 N–H and O–H groups in total. The second-order valence-electron chi connectivity index (χ2n) is 4.07. The number of nitrogens with zero attached hydrogens (tertiary/aromatic N) is 2. The normalized spacial score (nSPS) is 10.3. The molecule has 2 rings (SSSR count). The Hall–Kier alpha value is -1.95. The van der Waals surface area contributed by atoms with Crippen molar-refractivity contribution in [2.45, 2.75) is 13.3 Å². The van der Waals surface area contributed by atoms with Gasteiger partial charge in [-0.1, -0.05) is 12.1 Å². The third-order valence-electron chi connectivity index (χ3n) is 2.78. The molecule has 0 aliphatic rings. The van der Waals surface area contributed by atoms with Crippen LogP contribution >= 0.6 is 11.3 Å². The van der Waals surface area contributed by atoms with Crippen LogP contribution in [0.1, 0.15) is 12.6 Å². The van der Waals surface area contributed by atoms with Crippen molar-refractivity contribution in [3.05, 3.63) is 41.2 Å². The fourth-order valence-electron chi connectivity index (χ4n) is 1.80. The topological polar surface area (TPSA) is 42.4 Å². The number of hydrogen-bond donors (Lipinski definition) is 0. The Kier molecular flexibility index (Phi) is 4.68. The van der Waals surface area contributed by atoms with E-state index in [9.17, 15) is 9.18 Å². The molecular formula is C14H15FN2O2S. The lowest BCUT2D eigenvalue weighted by Crippen LogP contribution is -2.17. The molecule has 1 aromatic heterocycles. The molecule has 20 heavy (non-hydrogen) atoms. The summed E-state index contributed by atoms with van der Waals surface area (Å²) < 4.78 is 18.5. The predicted molar refractivity (Wildman–Crippen MR) is 76.9 cm³/mol. The number of benzene rings is 1. The van der Waals surface area contributed by atoms with E-state index in [1.165, 1.54) is 24.5 Å². The lowest BCUT2D eigenvalue weighted by molar-refractivity contribution is -0.139.